The molecule has 7 heteroatoms. The van der Waals surface area contributed by atoms with E-state index in [-0.39, 0.29) is 23.7 Å². The molecule has 1 aromatic rings. The number of carbonyl (C=O) groups excluding carboxylic acids is 2. The fourth-order valence-electron chi connectivity index (χ4n) is 5.54. The molecule has 0 radical (unpaired) electrons. The van der Waals surface area contributed by atoms with Crippen LogP contribution in [0.2, 0.25) is 0 Å². The summed E-state index contributed by atoms with van der Waals surface area (Å²) in [5.74, 6) is -1.85. The van der Waals surface area contributed by atoms with Crippen molar-refractivity contribution in [3.8, 4) is 0 Å². The number of carboxylic acids is 1. The van der Waals surface area contributed by atoms with Crippen LogP contribution in [0, 0.1) is 29.6 Å². The second-order valence-electron chi connectivity index (χ2n) is 8.90. The van der Waals surface area contributed by atoms with Gasteiger partial charge in [-0.25, -0.2) is 4.79 Å². The number of ether oxygens (including phenoxy) is 1. The Labute approximate surface area is 175 Å². The van der Waals surface area contributed by atoms with Crippen molar-refractivity contribution in [1.82, 2.24) is 0 Å². The van der Waals surface area contributed by atoms with Crippen molar-refractivity contribution in [3.63, 3.8) is 0 Å². The summed E-state index contributed by atoms with van der Waals surface area (Å²) in [7, 11) is 0. The van der Waals surface area contributed by atoms with Gasteiger partial charge in [0.25, 0.3) is 0 Å². The van der Waals surface area contributed by atoms with E-state index >= 15 is 0 Å². The molecule has 5 atom stereocenters. The van der Waals surface area contributed by atoms with E-state index in [4.69, 9.17) is 4.74 Å². The van der Waals surface area contributed by atoms with Crippen molar-refractivity contribution in [1.29, 1.82) is 0 Å². The summed E-state index contributed by atoms with van der Waals surface area (Å²) >= 11 is 1.46. The maximum absolute atomic E-state index is 13.2. The molecule has 1 aromatic heterocycles. The van der Waals surface area contributed by atoms with E-state index < -0.39 is 17.8 Å². The first-order valence-corrected chi connectivity index (χ1v) is 11.6. The average molecular weight is 420 g/mol. The highest BCUT2D eigenvalue weighted by atomic mass is 32.1. The first kappa shape index (κ1) is 20.4. The highest BCUT2D eigenvalue weighted by Crippen LogP contribution is 2.53. The lowest BCUT2D eigenvalue weighted by molar-refractivity contribution is -0.148. The van der Waals surface area contributed by atoms with Crippen LogP contribution >= 0.6 is 11.3 Å². The number of fused-ring (bicyclic) bond motifs is 3. The third-order valence-electron chi connectivity index (χ3n) is 6.89. The molecule has 29 heavy (non-hydrogen) atoms. The van der Waals surface area contributed by atoms with Crippen LogP contribution < -0.4 is 5.32 Å². The van der Waals surface area contributed by atoms with Crippen LogP contribution in [0.3, 0.4) is 0 Å². The lowest BCUT2D eigenvalue weighted by atomic mass is 9.78. The SMILES string of the molecule is CCCOC(=O)c1c(NC(=O)[C@@H]2[C@@H]3CC[C@@H](C3)[C@@H]2C(=O)O)sc2c1CC[C@@H](C)C2. The minimum atomic E-state index is -0.876. The minimum Gasteiger partial charge on any atom is -0.481 e. The summed E-state index contributed by atoms with van der Waals surface area (Å²) in [6.07, 6.45) is 6.09. The third kappa shape index (κ3) is 3.69. The van der Waals surface area contributed by atoms with E-state index in [1.807, 2.05) is 6.92 Å². The Morgan fingerprint density at radius 1 is 1.17 bits per heavy atom. The number of esters is 1. The Morgan fingerprint density at radius 2 is 1.90 bits per heavy atom. The number of rotatable bonds is 6. The predicted octanol–water partition coefficient (Wildman–Crippen LogP) is 4.13. The maximum Gasteiger partial charge on any atom is 0.341 e. The zero-order valence-corrected chi connectivity index (χ0v) is 17.8. The average Bonchev–Trinajstić information content (AvgIpc) is 3.37. The molecule has 6 nitrogen and oxygen atoms in total. The fraction of sp³-hybridized carbons (Fsp3) is 0.682. The zero-order chi connectivity index (χ0) is 20.7. The van der Waals surface area contributed by atoms with Gasteiger partial charge >= 0.3 is 11.9 Å². The third-order valence-corrected chi connectivity index (χ3v) is 8.06. The van der Waals surface area contributed by atoms with E-state index in [1.165, 1.54) is 11.3 Å². The smallest absolute Gasteiger partial charge is 0.341 e. The van der Waals surface area contributed by atoms with Crippen LogP contribution in [0.5, 0.6) is 0 Å². The number of hydrogen-bond acceptors (Lipinski definition) is 5. The first-order valence-electron chi connectivity index (χ1n) is 10.8. The lowest BCUT2D eigenvalue weighted by Gasteiger charge is -2.27. The predicted molar refractivity (Wildman–Crippen MR) is 110 cm³/mol. The molecule has 3 aliphatic carbocycles. The van der Waals surface area contributed by atoms with Crippen LogP contribution in [0.15, 0.2) is 0 Å². The Morgan fingerprint density at radius 3 is 2.59 bits per heavy atom. The number of hydrogen-bond donors (Lipinski definition) is 2. The molecular weight excluding hydrogens is 390 g/mol. The summed E-state index contributed by atoms with van der Waals surface area (Å²) in [6.45, 7) is 4.49. The van der Waals surface area contributed by atoms with Crippen LogP contribution in [0.1, 0.15) is 66.8 Å². The zero-order valence-electron chi connectivity index (χ0n) is 17.0. The molecule has 0 aliphatic heterocycles. The second-order valence-corrected chi connectivity index (χ2v) is 10.0. The lowest BCUT2D eigenvalue weighted by Crippen LogP contribution is -2.38. The molecule has 0 spiro atoms. The Balaban J connectivity index is 1.61. The number of nitrogens with one attached hydrogen (secondary N) is 1. The molecule has 158 valence electrons. The van der Waals surface area contributed by atoms with Gasteiger partial charge in [-0.15, -0.1) is 11.3 Å². The van der Waals surface area contributed by atoms with Gasteiger partial charge in [-0.3, -0.25) is 9.59 Å². The molecule has 2 fully saturated rings. The topological polar surface area (TPSA) is 92.7 Å². The molecule has 0 saturated heterocycles. The molecule has 3 aliphatic rings. The van der Waals surface area contributed by atoms with E-state index in [9.17, 15) is 19.5 Å². The van der Waals surface area contributed by atoms with Crippen molar-refractivity contribution in [2.75, 3.05) is 11.9 Å². The highest BCUT2D eigenvalue weighted by Gasteiger charge is 2.54. The van der Waals surface area contributed by atoms with Gasteiger partial charge in [0.05, 0.1) is 24.0 Å². The molecule has 2 N–H and O–H groups in total. The number of aliphatic carboxylic acids is 1. The van der Waals surface area contributed by atoms with Gasteiger partial charge in [0.2, 0.25) is 5.91 Å². The number of carboxylic acid groups (broad SMARTS) is 1. The van der Waals surface area contributed by atoms with Gasteiger partial charge in [0.1, 0.15) is 5.00 Å². The second kappa shape index (κ2) is 8.09. The van der Waals surface area contributed by atoms with E-state index in [0.717, 1.165) is 55.4 Å². The summed E-state index contributed by atoms with van der Waals surface area (Å²) in [6, 6.07) is 0. The monoisotopic (exact) mass is 419 g/mol. The van der Waals surface area contributed by atoms with Crippen molar-refractivity contribution < 1.29 is 24.2 Å². The number of carbonyl (C=O) groups is 3. The normalized spacial score (nSPS) is 30.1. The molecule has 0 aromatic carbocycles. The summed E-state index contributed by atoms with van der Waals surface area (Å²) < 4.78 is 5.41. The quantitative estimate of drug-likeness (QED) is 0.677. The van der Waals surface area contributed by atoms with Gasteiger partial charge in [0.15, 0.2) is 0 Å². The number of anilines is 1. The van der Waals surface area contributed by atoms with Crippen molar-refractivity contribution >= 4 is 34.2 Å². The van der Waals surface area contributed by atoms with Crippen LogP contribution in [-0.2, 0) is 27.2 Å². The largest absolute Gasteiger partial charge is 0.481 e. The summed E-state index contributed by atoms with van der Waals surface area (Å²) in [4.78, 5) is 38.9. The summed E-state index contributed by atoms with van der Waals surface area (Å²) in [5, 5.41) is 13.2. The maximum atomic E-state index is 13.2. The van der Waals surface area contributed by atoms with E-state index in [1.54, 1.807) is 0 Å². The Bertz CT molecular complexity index is 831. The van der Waals surface area contributed by atoms with Crippen molar-refractivity contribution in [2.24, 2.45) is 29.6 Å². The van der Waals surface area contributed by atoms with Crippen LogP contribution in [-0.4, -0.2) is 29.6 Å². The Kier molecular flexibility index (Phi) is 5.69. The summed E-state index contributed by atoms with van der Waals surface area (Å²) in [5.41, 5.74) is 1.50. The first-order chi connectivity index (χ1) is 13.9. The Hall–Kier alpha value is -1.89. The minimum absolute atomic E-state index is 0.0969. The van der Waals surface area contributed by atoms with Crippen LogP contribution in [0.4, 0.5) is 5.00 Å². The van der Waals surface area contributed by atoms with Crippen molar-refractivity contribution in [3.05, 3.63) is 16.0 Å². The van der Waals surface area contributed by atoms with Gasteiger partial charge in [-0.2, -0.15) is 0 Å². The highest BCUT2D eigenvalue weighted by molar-refractivity contribution is 7.17. The molecule has 4 rings (SSSR count). The molecular formula is C22H29NO5S. The van der Waals surface area contributed by atoms with Crippen molar-refractivity contribution in [2.45, 2.75) is 58.8 Å². The number of amides is 1. The van der Waals surface area contributed by atoms with Gasteiger partial charge < -0.3 is 15.2 Å². The fourth-order valence-corrected chi connectivity index (χ4v) is 6.94. The van der Waals surface area contributed by atoms with Crippen LogP contribution in [0.25, 0.3) is 0 Å². The molecule has 1 heterocycles. The van der Waals surface area contributed by atoms with Gasteiger partial charge in [-0.05, 0) is 68.3 Å². The van der Waals surface area contributed by atoms with Gasteiger partial charge in [-0.1, -0.05) is 13.8 Å². The van der Waals surface area contributed by atoms with E-state index in [0.29, 0.717) is 23.1 Å². The van der Waals surface area contributed by atoms with Gasteiger partial charge in [0, 0.05) is 4.88 Å². The number of thiophene rings is 1. The molecule has 2 bridgehead atoms. The van der Waals surface area contributed by atoms with E-state index in [2.05, 4.69) is 12.2 Å². The standard InChI is InChI=1S/C22H29NO5S/c1-3-8-28-22(27)18-14-7-4-11(2)9-15(14)29-20(18)23-19(24)16-12-5-6-13(10-12)17(16)21(25)26/h11-13,16-17H,3-10H2,1-2H3,(H,23,24)(H,25,26)/t11-,12-,13+,16-,17+/m1/s1. The molecule has 1 amide bonds. The molecule has 0 unspecified atom stereocenters. The molecule has 2 saturated carbocycles.